The molecule has 0 aromatic carbocycles. The van der Waals surface area contributed by atoms with Crippen molar-refractivity contribution in [3.8, 4) is 0 Å². The molecule has 1 aromatic rings. The lowest BCUT2D eigenvalue weighted by atomic mass is 10.2. The minimum Gasteiger partial charge on any atom is -0.317 e. The SMILES string of the molecule is CNC1CCC(n2ccc(C(F)(F)F)n2)C1. The van der Waals surface area contributed by atoms with Crippen molar-refractivity contribution < 1.29 is 13.2 Å². The summed E-state index contributed by atoms with van der Waals surface area (Å²) < 4.78 is 38.5. The second-order valence-corrected chi connectivity index (χ2v) is 4.13. The van der Waals surface area contributed by atoms with Gasteiger partial charge in [-0.25, -0.2) is 0 Å². The lowest BCUT2D eigenvalue weighted by molar-refractivity contribution is -0.141. The van der Waals surface area contributed by atoms with Crippen molar-refractivity contribution >= 4 is 0 Å². The fourth-order valence-electron chi connectivity index (χ4n) is 2.15. The Kier molecular flexibility index (Phi) is 2.92. The van der Waals surface area contributed by atoms with Gasteiger partial charge in [0.2, 0.25) is 0 Å². The van der Waals surface area contributed by atoms with Crippen LogP contribution in [0, 0.1) is 0 Å². The maximum absolute atomic E-state index is 12.3. The summed E-state index contributed by atoms with van der Waals surface area (Å²) >= 11 is 0. The molecule has 0 spiro atoms. The van der Waals surface area contributed by atoms with Gasteiger partial charge in [-0.15, -0.1) is 0 Å². The average Bonchev–Trinajstić information content (AvgIpc) is 2.85. The molecule has 0 bridgehead atoms. The molecule has 2 unspecified atom stereocenters. The summed E-state index contributed by atoms with van der Waals surface area (Å²) in [6.07, 6.45) is -0.208. The number of rotatable bonds is 2. The van der Waals surface area contributed by atoms with Crippen molar-refractivity contribution in [3.63, 3.8) is 0 Å². The minimum absolute atomic E-state index is 0.0912. The summed E-state index contributed by atoms with van der Waals surface area (Å²) in [6.45, 7) is 0. The summed E-state index contributed by atoms with van der Waals surface area (Å²) in [5.74, 6) is 0. The molecule has 0 amide bonds. The van der Waals surface area contributed by atoms with E-state index >= 15 is 0 Å². The monoisotopic (exact) mass is 233 g/mol. The van der Waals surface area contributed by atoms with Crippen LogP contribution in [0.25, 0.3) is 0 Å². The molecule has 16 heavy (non-hydrogen) atoms. The van der Waals surface area contributed by atoms with E-state index in [1.54, 1.807) is 0 Å². The second-order valence-electron chi connectivity index (χ2n) is 4.13. The lowest BCUT2D eigenvalue weighted by Crippen LogP contribution is -2.22. The molecule has 1 heterocycles. The van der Waals surface area contributed by atoms with Crippen LogP contribution in [0.4, 0.5) is 13.2 Å². The maximum Gasteiger partial charge on any atom is 0.435 e. The van der Waals surface area contributed by atoms with Crippen LogP contribution in [0.1, 0.15) is 31.0 Å². The Morgan fingerprint density at radius 2 is 2.19 bits per heavy atom. The zero-order valence-corrected chi connectivity index (χ0v) is 8.96. The van der Waals surface area contributed by atoms with Gasteiger partial charge in [-0.1, -0.05) is 0 Å². The third-order valence-electron chi connectivity index (χ3n) is 3.09. The highest BCUT2D eigenvalue weighted by Crippen LogP contribution is 2.32. The van der Waals surface area contributed by atoms with Gasteiger partial charge in [-0.2, -0.15) is 18.3 Å². The fourth-order valence-corrected chi connectivity index (χ4v) is 2.15. The van der Waals surface area contributed by atoms with E-state index in [0.717, 1.165) is 25.3 Å². The van der Waals surface area contributed by atoms with Crippen molar-refractivity contribution in [2.45, 2.75) is 37.5 Å². The molecular formula is C10H14F3N3. The first-order chi connectivity index (χ1) is 7.50. The van der Waals surface area contributed by atoms with E-state index in [2.05, 4.69) is 10.4 Å². The van der Waals surface area contributed by atoms with E-state index < -0.39 is 11.9 Å². The van der Waals surface area contributed by atoms with Crippen LogP contribution in [0.2, 0.25) is 0 Å². The molecule has 0 aliphatic heterocycles. The molecule has 1 N–H and O–H groups in total. The Morgan fingerprint density at radius 1 is 1.44 bits per heavy atom. The highest BCUT2D eigenvalue weighted by Gasteiger charge is 2.35. The van der Waals surface area contributed by atoms with Crippen molar-refractivity contribution in [1.82, 2.24) is 15.1 Å². The molecule has 1 saturated carbocycles. The fraction of sp³-hybridized carbons (Fsp3) is 0.700. The number of hydrogen-bond acceptors (Lipinski definition) is 2. The normalized spacial score (nSPS) is 26.2. The maximum atomic E-state index is 12.3. The van der Waals surface area contributed by atoms with Gasteiger partial charge < -0.3 is 5.32 Å². The molecular weight excluding hydrogens is 219 g/mol. The first-order valence-corrected chi connectivity index (χ1v) is 5.30. The summed E-state index contributed by atoms with van der Waals surface area (Å²) in [5, 5.41) is 6.73. The molecule has 1 aliphatic rings. The molecule has 0 radical (unpaired) electrons. The molecule has 2 atom stereocenters. The average molecular weight is 233 g/mol. The highest BCUT2D eigenvalue weighted by atomic mass is 19.4. The molecule has 3 nitrogen and oxygen atoms in total. The predicted octanol–water partition coefficient (Wildman–Crippen LogP) is 2.21. The summed E-state index contributed by atoms with van der Waals surface area (Å²) in [4.78, 5) is 0. The largest absolute Gasteiger partial charge is 0.435 e. The van der Waals surface area contributed by atoms with Crippen LogP contribution in [0.3, 0.4) is 0 Å². The Bertz CT molecular complexity index is 358. The lowest BCUT2D eigenvalue weighted by Gasteiger charge is -2.11. The smallest absolute Gasteiger partial charge is 0.317 e. The number of hydrogen-bond donors (Lipinski definition) is 1. The summed E-state index contributed by atoms with van der Waals surface area (Å²) in [5.41, 5.74) is -0.805. The zero-order chi connectivity index (χ0) is 11.8. The van der Waals surface area contributed by atoms with E-state index in [4.69, 9.17) is 0 Å². The number of aromatic nitrogens is 2. The van der Waals surface area contributed by atoms with Crippen molar-refractivity contribution in [3.05, 3.63) is 18.0 Å². The molecule has 1 aliphatic carbocycles. The van der Waals surface area contributed by atoms with Gasteiger partial charge in [-0.05, 0) is 32.4 Å². The second kappa shape index (κ2) is 4.08. The van der Waals surface area contributed by atoms with Crippen molar-refractivity contribution in [2.24, 2.45) is 0 Å². The summed E-state index contributed by atoms with van der Waals surface area (Å²) in [6, 6.07) is 1.52. The van der Waals surface area contributed by atoms with E-state index in [1.807, 2.05) is 7.05 Å². The van der Waals surface area contributed by atoms with E-state index in [9.17, 15) is 13.2 Å². The van der Waals surface area contributed by atoms with Crippen LogP contribution < -0.4 is 5.32 Å². The van der Waals surface area contributed by atoms with Crippen LogP contribution in [0.5, 0.6) is 0 Å². The Hall–Kier alpha value is -1.04. The Morgan fingerprint density at radius 3 is 2.69 bits per heavy atom. The summed E-state index contributed by atoms with van der Waals surface area (Å²) in [7, 11) is 1.87. The van der Waals surface area contributed by atoms with E-state index in [0.29, 0.717) is 6.04 Å². The van der Waals surface area contributed by atoms with E-state index in [1.165, 1.54) is 10.9 Å². The van der Waals surface area contributed by atoms with Crippen LogP contribution in [-0.4, -0.2) is 22.9 Å². The third kappa shape index (κ3) is 2.21. The Balaban J connectivity index is 2.08. The van der Waals surface area contributed by atoms with Gasteiger partial charge in [0.05, 0.1) is 6.04 Å². The number of halogens is 3. The molecule has 1 aromatic heterocycles. The first-order valence-electron chi connectivity index (χ1n) is 5.30. The van der Waals surface area contributed by atoms with Gasteiger partial charge in [0.1, 0.15) is 0 Å². The molecule has 6 heteroatoms. The molecule has 0 saturated heterocycles. The number of alkyl halides is 3. The molecule has 90 valence electrons. The quantitative estimate of drug-likeness (QED) is 0.848. The van der Waals surface area contributed by atoms with Gasteiger partial charge in [0.25, 0.3) is 0 Å². The number of nitrogens with one attached hydrogen (secondary N) is 1. The predicted molar refractivity (Wildman–Crippen MR) is 53.0 cm³/mol. The molecule has 1 fully saturated rings. The van der Waals surface area contributed by atoms with Gasteiger partial charge in [0.15, 0.2) is 5.69 Å². The Labute approximate surface area is 91.6 Å². The van der Waals surface area contributed by atoms with Crippen molar-refractivity contribution in [2.75, 3.05) is 7.05 Å². The van der Waals surface area contributed by atoms with Gasteiger partial charge in [0, 0.05) is 12.2 Å². The van der Waals surface area contributed by atoms with Crippen LogP contribution in [-0.2, 0) is 6.18 Å². The van der Waals surface area contributed by atoms with Gasteiger partial charge >= 0.3 is 6.18 Å². The van der Waals surface area contributed by atoms with Crippen molar-refractivity contribution in [1.29, 1.82) is 0 Å². The first kappa shape index (κ1) is 11.4. The van der Waals surface area contributed by atoms with Crippen LogP contribution >= 0.6 is 0 Å². The standard InChI is InChI=1S/C10H14F3N3/c1-14-7-2-3-8(6-7)16-5-4-9(15-16)10(11,12)13/h4-5,7-8,14H,2-3,6H2,1H3. The van der Waals surface area contributed by atoms with E-state index in [-0.39, 0.29) is 6.04 Å². The zero-order valence-electron chi connectivity index (χ0n) is 8.96. The minimum atomic E-state index is -4.34. The molecule has 2 rings (SSSR count). The highest BCUT2D eigenvalue weighted by molar-refractivity contribution is 5.04. The number of nitrogens with zero attached hydrogens (tertiary/aromatic N) is 2. The third-order valence-corrected chi connectivity index (χ3v) is 3.09. The topological polar surface area (TPSA) is 29.9 Å². The van der Waals surface area contributed by atoms with Crippen LogP contribution in [0.15, 0.2) is 12.3 Å². The van der Waals surface area contributed by atoms with Gasteiger partial charge in [-0.3, -0.25) is 4.68 Å².